The second kappa shape index (κ2) is 4.10. The number of nitrogens with zero attached hydrogens (tertiary/aromatic N) is 3. The van der Waals surface area contributed by atoms with E-state index in [0.29, 0.717) is 17.4 Å². The number of pyridine rings is 1. The lowest BCUT2D eigenvalue weighted by Crippen LogP contribution is -1.98. The summed E-state index contributed by atoms with van der Waals surface area (Å²) >= 11 is 0. The predicted octanol–water partition coefficient (Wildman–Crippen LogP) is 3.71. The van der Waals surface area contributed by atoms with Gasteiger partial charge in [-0.05, 0) is 37.1 Å². The third-order valence-corrected chi connectivity index (χ3v) is 3.53. The molecule has 1 aliphatic carbocycles. The molecule has 1 aromatic carbocycles. The summed E-state index contributed by atoms with van der Waals surface area (Å²) < 4.78 is 28.8. The highest BCUT2D eigenvalue weighted by atomic mass is 19.1. The van der Waals surface area contributed by atoms with Gasteiger partial charge in [-0.25, -0.2) is 13.8 Å². The number of hydrogen-bond acceptors (Lipinski definition) is 2. The average Bonchev–Trinajstić information content (AvgIpc) is 3.19. The van der Waals surface area contributed by atoms with E-state index in [4.69, 9.17) is 0 Å². The van der Waals surface area contributed by atoms with E-state index in [2.05, 4.69) is 9.97 Å². The van der Waals surface area contributed by atoms with Gasteiger partial charge in [-0.2, -0.15) is 0 Å². The molecule has 0 aliphatic heterocycles. The quantitative estimate of drug-likeness (QED) is 0.711. The lowest BCUT2D eigenvalue weighted by molar-refractivity contribution is 0.621. The third kappa shape index (κ3) is 1.78. The Morgan fingerprint density at radius 1 is 1.05 bits per heavy atom. The maximum atomic E-state index is 13.5. The molecular formula is C15H11F2N3. The maximum Gasteiger partial charge on any atom is 0.143 e. The van der Waals surface area contributed by atoms with Gasteiger partial charge in [0.1, 0.15) is 17.5 Å². The summed E-state index contributed by atoms with van der Waals surface area (Å²) in [6.45, 7) is 0. The van der Waals surface area contributed by atoms with Crippen LogP contribution >= 0.6 is 0 Å². The summed E-state index contributed by atoms with van der Waals surface area (Å²) in [6, 6.07) is 6.25. The first-order valence-corrected chi connectivity index (χ1v) is 6.51. The van der Waals surface area contributed by atoms with E-state index in [0.717, 1.165) is 30.1 Å². The molecule has 0 saturated heterocycles. The Bertz CT molecular complexity index is 806. The molecule has 1 saturated carbocycles. The van der Waals surface area contributed by atoms with Crippen LogP contribution in [0.4, 0.5) is 8.78 Å². The molecule has 100 valence electrons. The molecule has 0 amide bonds. The fraction of sp³-hybridized carbons (Fsp3) is 0.200. The first kappa shape index (κ1) is 11.5. The molecule has 5 heteroatoms. The highest BCUT2D eigenvalue weighted by Crippen LogP contribution is 2.41. The Balaban J connectivity index is 2.01. The fourth-order valence-corrected chi connectivity index (χ4v) is 2.51. The smallest absolute Gasteiger partial charge is 0.143 e. The van der Waals surface area contributed by atoms with Gasteiger partial charge in [0.25, 0.3) is 0 Å². The first-order valence-electron chi connectivity index (χ1n) is 6.51. The lowest BCUT2D eigenvalue weighted by atomic mass is 10.2. The predicted molar refractivity (Wildman–Crippen MR) is 71.2 cm³/mol. The van der Waals surface area contributed by atoms with Crippen molar-refractivity contribution in [3.63, 3.8) is 0 Å². The Morgan fingerprint density at radius 2 is 1.90 bits per heavy atom. The zero-order valence-corrected chi connectivity index (χ0v) is 10.6. The topological polar surface area (TPSA) is 30.7 Å². The molecule has 1 aliphatic rings. The molecule has 0 atom stereocenters. The molecule has 2 aromatic heterocycles. The Hall–Kier alpha value is -2.30. The van der Waals surface area contributed by atoms with Crippen LogP contribution in [0.5, 0.6) is 0 Å². The van der Waals surface area contributed by atoms with Crippen LogP contribution in [0.3, 0.4) is 0 Å². The van der Waals surface area contributed by atoms with Crippen LogP contribution < -0.4 is 0 Å². The molecule has 0 spiro atoms. The van der Waals surface area contributed by atoms with Crippen LogP contribution in [0.1, 0.15) is 18.9 Å². The van der Waals surface area contributed by atoms with Crippen molar-refractivity contribution in [2.75, 3.05) is 0 Å². The number of fused-ring (bicyclic) bond motifs is 1. The molecule has 0 bridgehead atoms. The Morgan fingerprint density at radius 3 is 2.65 bits per heavy atom. The molecule has 0 unspecified atom stereocenters. The van der Waals surface area contributed by atoms with Crippen LogP contribution in [0.25, 0.3) is 22.4 Å². The molecule has 2 heterocycles. The van der Waals surface area contributed by atoms with Gasteiger partial charge in [0.15, 0.2) is 0 Å². The number of imidazole rings is 1. The van der Waals surface area contributed by atoms with Crippen molar-refractivity contribution < 1.29 is 8.78 Å². The Labute approximate surface area is 113 Å². The number of hydrogen-bond donors (Lipinski definition) is 0. The SMILES string of the molecule is Fc1cncc(-c2nc3ccc(F)cc3n2C2CC2)c1. The van der Waals surface area contributed by atoms with Gasteiger partial charge in [0.2, 0.25) is 0 Å². The second-order valence-corrected chi connectivity index (χ2v) is 5.06. The van der Waals surface area contributed by atoms with Gasteiger partial charge in [0.05, 0.1) is 17.2 Å². The molecule has 3 aromatic rings. The van der Waals surface area contributed by atoms with Crippen LogP contribution in [-0.2, 0) is 0 Å². The van der Waals surface area contributed by atoms with E-state index in [1.54, 1.807) is 12.3 Å². The van der Waals surface area contributed by atoms with Crippen LogP contribution in [0, 0.1) is 11.6 Å². The van der Waals surface area contributed by atoms with E-state index in [-0.39, 0.29) is 5.82 Å². The van der Waals surface area contributed by atoms with E-state index in [1.807, 2.05) is 4.57 Å². The summed E-state index contributed by atoms with van der Waals surface area (Å²) in [4.78, 5) is 8.38. The third-order valence-electron chi connectivity index (χ3n) is 3.53. The molecule has 20 heavy (non-hydrogen) atoms. The van der Waals surface area contributed by atoms with E-state index < -0.39 is 5.82 Å². The van der Waals surface area contributed by atoms with Gasteiger partial charge in [-0.15, -0.1) is 0 Å². The van der Waals surface area contributed by atoms with Gasteiger partial charge in [-0.3, -0.25) is 4.98 Å². The number of rotatable bonds is 2. The summed E-state index contributed by atoms with van der Waals surface area (Å²) in [5, 5.41) is 0. The minimum atomic E-state index is -0.400. The van der Waals surface area contributed by atoms with Gasteiger partial charge < -0.3 is 4.57 Å². The monoisotopic (exact) mass is 271 g/mol. The second-order valence-electron chi connectivity index (χ2n) is 5.06. The van der Waals surface area contributed by atoms with E-state index >= 15 is 0 Å². The first-order chi connectivity index (χ1) is 9.72. The van der Waals surface area contributed by atoms with Crippen LogP contribution in [0.15, 0.2) is 36.7 Å². The van der Waals surface area contributed by atoms with Crippen LogP contribution in [0.2, 0.25) is 0 Å². The van der Waals surface area contributed by atoms with E-state index in [9.17, 15) is 8.78 Å². The summed E-state index contributed by atoms with van der Waals surface area (Å²) in [7, 11) is 0. The maximum absolute atomic E-state index is 13.5. The van der Waals surface area contributed by atoms with Gasteiger partial charge in [0, 0.05) is 17.8 Å². The normalized spacial score (nSPS) is 14.9. The van der Waals surface area contributed by atoms with Crippen LogP contribution in [-0.4, -0.2) is 14.5 Å². The largest absolute Gasteiger partial charge is 0.321 e. The fourth-order valence-electron chi connectivity index (χ4n) is 2.51. The molecule has 1 fully saturated rings. The molecule has 0 N–H and O–H groups in total. The number of benzene rings is 1. The van der Waals surface area contributed by atoms with Crippen molar-refractivity contribution in [3.8, 4) is 11.4 Å². The Kier molecular flexibility index (Phi) is 2.36. The van der Waals surface area contributed by atoms with Crippen molar-refractivity contribution in [2.24, 2.45) is 0 Å². The average molecular weight is 271 g/mol. The summed E-state index contributed by atoms with van der Waals surface area (Å²) in [6.07, 6.45) is 4.82. The minimum Gasteiger partial charge on any atom is -0.321 e. The van der Waals surface area contributed by atoms with Crippen molar-refractivity contribution in [2.45, 2.75) is 18.9 Å². The standard InChI is InChI=1S/C15H11F2N3/c16-10-1-4-13-14(6-10)20(12-2-3-12)15(19-13)9-5-11(17)8-18-7-9/h1,4-8,12H,2-3H2. The van der Waals surface area contributed by atoms with Crippen molar-refractivity contribution in [3.05, 3.63) is 48.3 Å². The number of halogens is 2. The highest BCUT2D eigenvalue weighted by Gasteiger charge is 2.29. The molecule has 3 nitrogen and oxygen atoms in total. The zero-order chi connectivity index (χ0) is 13.7. The number of aromatic nitrogens is 3. The van der Waals surface area contributed by atoms with Crippen molar-refractivity contribution >= 4 is 11.0 Å². The highest BCUT2D eigenvalue weighted by molar-refractivity contribution is 5.81. The van der Waals surface area contributed by atoms with Gasteiger partial charge >= 0.3 is 0 Å². The molecule has 0 radical (unpaired) electrons. The molecule has 4 rings (SSSR count). The summed E-state index contributed by atoms with van der Waals surface area (Å²) in [5.74, 6) is -0.0357. The molecular weight excluding hydrogens is 260 g/mol. The minimum absolute atomic E-state index is 0.289. The van der Waals surface area contributed by atoms with E-state index in [1.165, 1.54) is 18.2 Å². The van der Waals surface area contributed by atoms with Gasteiger partial charge in [-0.1, -0.05) is 0 Å². The van der Waals surface area contributed by atoms with Crippen molar-refractivity contribution in [1.82, 2.24) is 14.5 Å². The zero-order valence-electron chi connectivity index (χ0n) is 10.6. The van der Waals surface area contributed by atoms with Crippen molar-refractivity contribution in [1.29, 1.82) is 0 Å². The lowest BCUT2D eigenvalue weighted by Gasteiger charge is -2.07. The summed E-state index contributed by atoms with van der Waals surface area (Å²) in [5.41, 5.74) is 2.10.